The van der Waals surface area contributed by atoms with Gasteiger partial charge in [-0.1, -0.05) is 50.6 Å². The van der Waals surface area contributed by atoms with Crippen molar-refractivity contribution in [3.8, 4) is 0 Å². The second kappa shape index (κ2) is 7.03. The Balaban J connectivity index is 1.95. The van der Waals surface area contributed by atoms with E-state index in [1.54, 1.807) is 0 Å². The molecule has 0 bridgehead atoms. The molecule has 1 aromatic carbocycles. The van der Waals surface area contributed by atoms with E-state index >= 15 is 0 Å². The fraction of sp³-hybridized carbons (Fsp3) is 0.611. The van der Waals surface area contributed by atoms with E-state index in [1.165, 1.54) is 19.3 Å². The number of carbonyl (C=O) groups is 1. The Morgan fingerprint density at radius 2 is 1.80 bits per heavy atom. The third-order valence-corrected chi connectivity index (χ3v) is 5.00. The van der Waals surface area contributed by atoms with Crippen LogP contribution in [-0.2, 0) is 4.79 Å². The van der Waals surface area contributed by atoms with E-state index in [4.69, 9.17) is 5.73 Å². The fourth-order valence-corrected chi connectivity index (χ4v) is 3.37. The Bertz CT molecular complexity index is 420. The molecule has 110 valence electrons. The summed E-state index contributed by atoms with van der Waals surface area (Å²) >= 11 is 0. The van der Waals surface area contributed by atoms with Crippen molar-refractivity contribution in [3.05, 3.63) is 35.9 Å². The summed E-state index contributed by atoms with van der Waals surface area (Å²) in [6.45, 7) is 4.24. The highest BCUT2D eigenvalue weighted by Crippen LogP contribution is 2.34. The average Bonchev–Trinajstić information content (AvgIpc) is 2.53. The first kappa shape index (κ1) is 15.2. The fourth-order valence-electron chi connectivity index (χ4n) is 3.37. The van der Waals surface area contributed by atoms with Crippen LogP contribution in [0.15, 0.2) is 30.3 Å². The minimum Gasteiger partial charge on any atom is -0.323 e. The van der Waals surface area contributed by atoms with Crippen molar-refractivity contribution >= 4 is 5.78 Å². The molecule has 2 atom stereocenters. The maximum atomic E-state index is 12.6. The van der Waals surface area contributed by atoms with Crippen molar-refractivity contribution in [2.45, 2.75) is 52.0 Å². The average molecular weight is 273 g/mol. The minimum atomic E-state index is -0.174. The summed E-state index contributed by atoms with van der Waals surface area (Å²) < 4.78 is 0. The Labute approximate surface area is 122 Å². The van der Waals surface area contributed by atoms with Crippen LogP contribution in [0, 0.1) is 17.8 Å². The molecule has 0 aliphatic heterocycles. The van der Waals surface area contributed by atoms with Gasteiger partial charge in [-0.3, -0.25) is 4.79 Å². The molecule has 1 fully saturated rings. The number of rotatable bonds is 5. The van der Waals surface area contributed by atoms with Gasteiger partial charge in [-0.15, -0.1) is 0 Å². The van der Waals surface area contributed by atoms with Gasteiger partial charge in [-0.2, -0.15) is 0 Å². The molecule has 0 amide bonds. The second-order valence-corrected chi connectivity index (χ2v) is 6.25. The molecule has 0 saturated heterocycles. The maximum absolute atomic E-state index is 12.6. The van der Waals surface area contributed by atoms with Crippen molar-refractivity contribution in [1.82, 2.24) is 0 Å². The van der Waals surface area contributed by atoms with Crippen molar-refractivity contribution < 1.29 is 4.79 Å². The molecule has 1 saturated carbocycles. The van der Waals surface area contributed by atoms with Gasteiger partial charge in [-0.05, 0) is 37.2 Å². The lowest BCUT2D eigenvalue weighted by Crippen LogP contribution is -2.32. The molecule has 1 aliphatic rings. The number of nitrogens with two attached hydrogens (primary N) is 1. The third kappa shape index (κ3) is 3.49. The molecule has 2 unspecified atom stereocenters. The van der Waals surface area contributed by atoms with Gasteiger partial charge < -0.3 is 5.73 Å². The topological polar surface area (TPSA) is 43.1 Å². The highest BCUT2D eigenvalue weighted by Gasteiger charge is 2.31. The second-order valence-electron chi connectivity index (χ2n) is 6.25. The molecule has 2 heteroatoms. The standard InChI is InChI=1S/C18H27NO/c1-3-14-9-11-16(12-10-14)18(20)13(2)17(19)15-7-5-4-6-8-15/h4-8,13-14,16-17H,3,9-12,19H2,1-2H3. The molecule has 20 heavy (non-hydrogen) atoms. The summed E-state index contributed by atoms with van der Waals surface area (Å²) in [5.41, 5.74) is 7.34. The van der Waals surface area contributed by atoms with Crippen molar-refractivity contribution in [2.24, 2.45) is 23.5 Å². The van der Waals surface area contributed by atoms with Crippen LogP contribution in [0.2, 0.25) is 0 Å². The zero-order chi connectivity index (χ0) is 14.5. The lowest BCUT2D eigenvalue weighted by molar-refractivity contribution is -0.128. The van der Waals surface area contributed by atoms with Crippen LogP contribution >= 0.6 is 0 Å². The number of hydrogen-bond acceptors (Lipinski definition) is 2. The SMILES string of the molecule is CCC1CCC(C(=O)C(C)C(N)c2ccccc2)CC1. The third-order valence-electron chi connectivity index (χ3n) is 5.00. The number of benzene rings is 1. The molecule has 2 rings (SSSR count). The molecule has 1 aromatic rings. The van der Waals surface area contributed by atoms with Crippen molar-refractivity contribution in [3.63, 3.8) is 0 Å². The van der Waals surface area contributed by atoms with Crippen LogP contribution < -0.4 is 5.73 Å². The summed E-state index contributed by atoms with van der Waals surface area (Å²) in [7, 11) is 0. The Morgan fingerprint density at radius 1 is 1.20 bits per heavy atom. The van der Waals surface area contributed by atoms with Gasteiger partial charge in [0.2, 0.25) is 0 Å². The van der Waals surface area contributed by atoms with Crippen LogP contribution in [0.4, 0.5) is 0 Å². The first-order valence-corrected chi connectivity index (χ1v) is 7.97. The number of Topliss-reactive ketones (excluding diaryl/α,β-unsaturated/α-hetero) is 1. The van der Waals surface area contributed by atoms with Crippen molar-refractivity contribution in [2.75, 3.05) is 0 Å². The van der Waals surface area contributed by atoms with Crippen LogP contribution in [0.25, 0.3) is 0 Å². The number of ketones is 1. The highest BCUT2D eigenvalue weighted by atomic mass is 16.1. The van der Waals surface area contributed by atoms with E-state index in [0.717, 1.165) is 24.3 Å². The van der Waals surface area contributed by atoms with Gasteiger partial charge in [0.05, 0.1) is 0 Å². The molecule has 0 aromatic heterocycles. The predicted molar refractivity (Wildman–Crippen MR) is 83.3 cm³/mol. The van der Waals surface area contributed by atoms with Crippen LogP contribution in [-0.4, -0.2) is 5.78 Å². The molecular formula is C18H27NO. The number of hydrogen-bond donors (Lipinski definition) is 1. The lowest BCUT2D eigenvalue weighted by Gasteiger charge is -2.30. The first-order valence-electron chi connectivity index (χ1n) is 7.97. The van der Waals surface area contributed by atoms with E-state index in [9.17, 15) is 4.79 Å². The van der Waals surface area contributed by atoms with E-state index < -0.39 is 0 Å². The summed E-state index contributed by atoms with van der Waals surface area (Å²) in [4.78, 5) is 12.6. The van der Waals surface area contributed by atoms with Gasteiger partial charge in [-0.25, -0.2) is 0 Å². The summed E-state index contributed by atoms with van der Waals surface area (Å²) in [6.07, 6.45) is 5.78. The summed E-state index contributed by atoms with van der Waals surface area (Å²) in [5, 5.41) is 0. The van der Waals surface area contributed by atoms with E-state index in [0.29, 0.717) is 5.78 Å². The first-order chi connectivity index (χ1) is 9.63. The quantitative estimate of drug-likeness (QED) is 0.877. The van der Waals surface area contributed by atoms with Crippen LogP contribution in [0.5, 0.6) is 0 Å². The van der Waals surface area contributed by atoms with Gasteiger partial charge in [0.1, 0.15) is 5.78 Å². The van der Waals surface area contributed by atoms with Gasteiger partial charge >= 0.3 is 0 Å². The summed E-state index contributed by atoms with van der Waals surface area (Å²) in [6, 6.07) is 9.81. The molecular weight excluding hydrogens is 246 g/mol. The zero-order valence-corrected chi connectivity index (χ0v) is 12.7. The minimum absolute atomic E-state index is 0.0828. The van der Waals surface area contributed by atoms with E-state index in [-0.39, 0.29) is 17.9 Å². The molecule has 1 aliphatic carbocycles. The van der Waals surface area contributed by atoms with Crippen LogP contribution in [0.3, 0.4) is 0 Å². The molecule has 0 heterocycles. The molecule has 2 N–H and O–H groups in total. The van der Waals surface area contributed by atoms with Crippen molar-refractivity contribution in [1.29, 1.82) is 0 Å². The monoisotopic (exact) mass is 273 g/mol. The Morgan fingerprint density at radius 3 is 2.35 bits per heavy atom. The molecule has 2 nitrogen and oxygen atoms in total. The number of carbonyl (C=O) groups excluding carboxylic acids is 1. The lowest BCUT2D eigenvalue weighted by atomic mass is 9.75. The summed E-state index contributed by atoms with van der Waals surface area (Å²) in [5.74, 6) is 1.36. The predicted octanol–water partition coefficient (Wildman–Crippen LogP) is 4.11. The Hall–Kier alpha value is -1.15. The van der Waals surface area contributed by atoms with Gasteiger partial charge in [0.15, 0.2) is 0 Å². The Kier molecular flexibility index (Phi) is 5.36. The van der Waals surface area contributed by atoms with E-state index in [1.807, 2.05) is 37.3 Å². The normalized spacial score (nSPS) is 25.9. The highest BCUT2D eigenvalue weighted by molar-refractivity contribution is 5.84. The van der Waals surface area contributed by atoms with Crippen LogP contribution in [0.1, 0.15) is 57.6 Å². The van der Waals surface area contributed by atoms with Gasteiger partial charge in [0.25, 0.3) is 0 Å². The largest absolute Gasteiger partial charge is 0.323 e. The smallest absolute Gasteiger partial charge is 0.140 e. The maximum Gasteiger partial charge on any atom is 0.140 e. The zero-order valence-electron chi connectivity index (χ0n) is 12.7. The van der Waals surface area contributed by atoms with E-state index in [2.05, 4.69) is 6.92 Å². The molecule has 0 spiro atoms. The molecule has 0 radical (unpaired) electrons. The van der Waals surface area contributed by atoms with Gasteiger partial charge in [0, 0.05) is 17.9 Å².